The van der Waals surface area contributed by atoms with Crippen molar-refractivity contribution in [3.05, 3.63) is 29.7 Å². The van der Waals surface area contributed by atoms with Crippen LogP contribution in [0.3, 0.4) is 0 Å². The maximum absolute atomic E-state index is 12.5. The number of sulfone groups is 1. The first-order chi connectivity index (χ1) is 13.4. The Balaban J connectivity index is 2.66. The van der Waals surface area contributed by atoms with E-state index in [0.717, 1.165) is 6.92 Å². The third-order valence-corrected chi connectivity index (χ3v) is 3.73. The van der Waals surface area contributed by atoms with E-state index in [4.69, 9.17) is 15.1 Å². The highest BCUT2D eigenvalue weighted by atomic mass is 32.2. The van der Waals surface area contributed by atoms with Gasteiger partial charge in [0.15, 0.2) is 9.84 Å². The van der Waals surface area contributed by atoms with Gasteiger partial charge in [0, 0.05) is 22.3 Å². The van der Waals surface area contributed by atoms with Gasteiger partial charge in [0.05, 0.1) is 10.4 Å². The molecule has 1 fully saturated rings. The summed E-state index contributed by atoms with van der Waals surface area (Å²) in [5.74, 6) is -0.800. The highest BCUT2D eigenvalue weighted by Crippen LogP contribution is 2.28. The van der Waals surface area contributed by atoms with Crippen molar-refractivity contribution in [2.75, 3.05) is 25.8 Å². The minimum atomic E-state index is -5.13. The lowest BCUT2D eigenvalue weighted by molar-refractivity contribution is 0.208. The monoisotopic (exact) mass is 292 g/mol. The molecule has 0 N–H and O–H groups in total. The Morgan fingerprint density at radius 2 is 2.42 bits per heavy atom. The zero-order valence-electron chi connectivity index (χ0n) is 21.6. The van der Waals surface area contributed by atoms with E-state index in [0.29, 0.717) is 12.8 Å². The molecule has 1 atom stereocenters. The molecule has 0 saturated carbocycles. The molecule has 0 spiro atoms. The van der Waals surface area contributed by atoms with Gasteiger partial charge < -0.3 is 4.90 Å². The number of benzene rings is 1. The maximum atomic E-state index is 12.5. The molecule has 1 heterocycles. The van der Waals surface area contributed by atoms with Crippen LogP contribution >= 0.6 is 0 Å². The zero-order valence-corrected chi connectivity index (χ0v) is 11.4. The average Bonchev–Trinajstić information content (AvgIpc) is 2.58. The van der Waals surface area contributed by atoms with Crippen molar-refractivity contribution in [2.45, 2.75) is 37.0 Å². The Kier molecular flexibility index (Phi) is 1.87. The number of hydrogen-bond donors (Lipinski definition) is 0. The SMILES string of the molecule is [2H]c1c([2H])c([C@H]2CCCN(C([2H])([2H])C([2H])([2H])C)C2)c([2H])c(S(=O)(=O)C([2H])([2H])[2H])c1[2H]. The summed E-state index contributed by atoms with van der Waals surface area (Å²) in [5.41, 5.74) is -0.240. The van der Waals surface area contributed by atoms with E-state index in [1.165, 1.54) is 4.90 Å². The molecule has 0 aromatic heterocycles. The topological polar surface area (TPSA) is 37.4 Å². The maximum Gasteiger partial charge on any atom is 0.175 e. The quantitative estimate of drug-likeness (QED) is 0.856. The summed E-state index contributed by atoms with van der Waals surface area (Å²) in [5, 5.41) is 0. The molecule has 106 valence electrons. The second-order valence-electron chi connectivity index (χ2n) is 4.39. The fourth-order valence-electron chi connectivity index (χ4n) is 2.15. The fourth-order valence-corrected chi connectivity index (χ4v) is 2.58. The number of likely N-dealkylation sites (tertiary alicyclic amines) is 1. The molecular weight excluding hydrogens is 258 g/mol. The van der Waals surface area contributed by atoms with Gasteiger partial charge in [-0.1, -0.05) is 19.0 Å². The first kappa shape index (κ1) is 5.86. The van der Waals surface area contributed by atoms with E-state index < -0.39 is 63.9 Å². The second kappa shape index (κ2) is 6.06. The van der Waals surface area contributed by atoms with Gasteiger partial charge in [-0.25, -0.2) is 8.42 Å². The third-order valence-electron chi connectivity index (χ3n) is 2.99. The van der Waals surface area contributed by atoms with Gasteiger partial charge in [0.2, 0.25) is 0 Å². The molecule has 19 heavy (non-hydrogen) atoms. The number of hydrogen-bond acceptors (Lipinski definition) is 3. The van der Waals surface area contributed by atoms with Crippen LogP contribution in [0.1, 0.15) is 52.7 Å². The highest BCUT2D eigenvalue weighted by Gasteiger charge is 2.21. The molecule has 0 aliphatic carbocycles. The van der Waals surface area contributed by atoms with E-state index in [9.17, 15) is 8.42 Å². The molecule has 1 aliphatic rings. The minimum Gasteiger partial charge on any atom is -0.303 e. The fraction of sp³-hybridized carbons (Fsp3) is 0.600. The van der Waals surface area contributed by atoms with Crippen molar-refractivity contribution in [2.24, 2.45) is 0 Å². The van der Waals surface area contributed by atoms with Crippen LogP contribution in [-0.2, 0) is 9.84 Å². The van der Waals surface area contributed by atoms with E-state index >= 15 is 0 Å². The molecule has 3 nitrogen and oxygen atoms in total. The van der Waals surface area contributed by atoms with Crippen LogP contribution < -0.4 is 0 Å². The average molecular weight is 292 g/mol. The molecule has 0 unspecified atom stereocenters. The van der Waals surface area contributed by atoms with Crippen molar-refractivity contribution >= 4 is 9.84 Å². The first-order valence-corrected chi connectivity index (χ1v) is 7.44. The lowest BCUT2D eigenvalue weighted by Gasteiger charge is -2.32. The van der Waals surface area contributed by atoms with E-state index in [-0.39, 0.29) is 18.7 Å². The van der Waals surface area contributed by atoms with Gasteiger partial charge >= 0.3 is 0 Å². The summed E-state index contributed by atoms with van der Waals surface area (Å²) in [7, 11) is -5.13. The largest absolute Gasteiger partial charge is 0.303 e. The summed E-state index contributed by atoms with van der Waals surface area (Å²) < 4.78 is 111. The first-order valence-electron chi connectivity index (χ1n) is 11.5. The smallest absolute Gasteiger partial charge is 0.175 e. The lowest BCUT2D eigenvalue weighted by Crippen LogP contribution is -2.34. The van der Waals surface area contributed by atoms with Crippen molar-refractivity contribution < 1.29 is 23.5 Å². The Morgan fingerprint density at radius 1 is 1.58 bits per heavy atom. The zero-order chi connectivity index (χ0) is 23.4. The Labute approximate surface area is 132 Å². The Morgan fingerprint density at radius 3 is 3.16 bits per heavy atom. The molecule has 1 aromatic carbocycles. The number of piperidine rings is 1. The van der Waals surface area contributed by atoms with Crippen LogP contribution in [0.15, 0.2) is 29.1 Å². The summed E-state index contributed by atoms with van der Waals surface area (Å²) in [6.07, 6.45) is -5.12. The minimum absolute atomic E-state index is 0.151. The van der Waals surface area contributed by atoms with Crippen LogP contribution in [0.5, 0.6) is 0 Å². The van der Waals surface area contributed by atoms with Gasteiger partial charge in [0.1, 0.15) is 0 Å². The van der Waals surface area contributed by atoms with Crippen molar-refractivity contribution in [1.82, 2.24) is 4.90 Å². The van der Waals surface area contributed by atoms with Crippen molar-refractivity contribution in [1.29, 1.82) is 0 Å². The molecule has 0 radical (unpaired) electrons. The highest BCUT2D eigenvalue weighted by molar-refractivity contribution is 7.90. The summed E-state index contributed by atoms with van der Waals surface area (Å²) in [4.78, 5) is 0.0698. The van der Waals surface area contributed by atoms with Crippen molar-refractivity contribution in [3.8, 4) is 0 Å². The van der Waals surface area contributed by atoms with Crippen LogP contribution in [0, 0.1) is 0 Å². The summed E-state index contributed by atoms with van der Waals surface area (Å²) >= 11 is 0. The standard InChI is InChI=1S/C15H23NO2S/c1-3-9-16-10-5-7-14(12-16)13-6-4-8-15(11-13)19(2,17)18/h4,6,8,11,14H,3,5,7,9-10,12H2,1-2H3/t14-/m0/s1/i2D3,3D2,4D,6D,8D,9D2,11D. The predicted octanol–water partition coefficient (Wildman–Crippen LogP) is 2.68. The van der Waals surface area contributed by atoms with Gasteiger partial charge in [-0.2, -0.15) is 0 Å². The van der Waals surface area contributed by atoms with Crippen LogP contribution in [0.25, 0.3) is 0 Å². The van der Waals surface area contributed by atoms with E-state index in [1.807, 2.05) is 0 Å². The van der Waals surface area contributed by atoms with Gasteiger partial charge in [-0.15, -0.1) is 0 Å². The normalized spacial score (nSPS) is 32.1. The molecule has 1 aromatic rings. The molecule has 1 saturated heterocycles. The lowest BCUT2D eigenvalue weighted by atomic mass is 9.90. The van der Waals surface area contributed by atoms with Crippen LogP contribution in [-0.4, -0.2) is 39.1 Å². The predicted molar refractivity (Wildman–Crippen MR) is 78.3 cm³/mol. The number of rotatable bonds is 4. The van der Waals surface area contributed by atoms with E-state index in [2.05, 4.69) is 0 Å². The van der Waals surface area contributed by atoms with Crippen LogP contribution in [0.4, 0.5) is 0 Å². The second-order valence-corrected chi connectivity index (χ2v) is 5.81. The molecule has 0 amide bonds. The van der Waals surface area contributed by atoms with Gasteiger partial charge in [-0.05, 0) is 55.8 Å². The number of nitrogens with zero attached hydrogens (tertiary/aromatic N) is 1. The Bertz CT molecular complexity index is 938. The molecular formula is C15H23NO2S. The molecule has 1 aliphatic heterocycles. The third kappa shape index (κ3) is 3.80. The van der Waals surface area contributed by atoms with Gasteiger partial charge in [0.25, 0.3) is 0 Å². The summed E-state index contributed by atoms with van der Waals surface area (Å²) in [6, 6.07) is -3.28. The van der Waals surface area contributed by atoms with Crippen LogP contribution in [0.2, 0.25) is 0 Å². The van der Waals surface area contributed by atoms with Gasteiger partial charge in [-0.3, -0.25) is 0 Å². The molecule has 0 bridgehead atoms. The summed E-state index contributed by atoms with van der Waals surface area (Å²) in [6.45, 7) is -1.26. The van der Waals surface area contributed by atoms with E-state index in [1.54, 1.807) is 0 Å². The van der Waals surface area contributed by atoms with Crippen molar-refractivity contribution in [3.63, 3.8) is 0 Å². The Hall–Kier alpha value is -0.870. The molecule has 2 rings (SSSR count). The molecule has 4 heteroatoms.